The van der Waals surface area contributed by atoms with Gasteiger partial charge in [0.1, 0.15) is 11.8 Å². The molecule has 0 aromatic heterocycles. The third-order valence-corrected chi connectivity index (χ3v) is 4.12. The number of carboxylic acids is 1. The number of carboxylic acid groups (broad SMARTS) is 1. The van der Waals surface area contributed by atoms with Gasteiger partial charge in [-0.25, -0.2) is 4.79 Å². The average molecular weight is 353 g/mol. The maximum Gasteiger partial charge on any atom is 0.326 e. The van der Waals surface area contributed by atoms with Crippen molar-refractivity contribution in [3.63, 3.8) is 0 Å². The predicted molar refractivity (Wildman–Crippen MR) is 93.9 cm³/mol. The van der Waals surface area contributed by atoms with Gasteiger partial charge >= 0.3 is 5.97 Å². The van der Waals surface area contributed by atoms with Gasteiger partial charge in [0.25, 0.3) is 0 Å². The monoisotopic (exact) mass is 353 g/mol. The summed E-state index contributed by atoms with van der Waals surface area (Å²) in [5, 5.41) is 11.6. The second-order valence-electron chi connectivity index (χ2n) is 5.37. The SMILES string of the molecule is COc1ccc(C)cc1C(=O)CCC(=O)NC(CCSC)C(=O)O. The number of aliphatic carboxylic acids is 1. The maximum absolute atomic E-state index is 12.3. The summed E-state index contributed by atoms with van der Waals surface area (Å²) in [5.41, 5.74) is 1.36. The summed E-state index contributed by atoms with van der Waals surface area (Å²) < 4.78 is 5.17. The van der Waals surface area contributed by atoms with Gasteiger partial charge in [0.2, 0.25) is 5.91 Å². The quantitative estimate of drug-likeness (QED) is 0.627. The van der Waals surface area contributed by atoms with Crippen molar-refractivity contribution in [2.24, 2.45) is 0 Å². The van der Waals surface area contributed by atoms with Gasteiger partial charge in [-0.2, -0.15) is 11.8 Å². The first-order valence-electron chi connectivity index (χ1n) is 7.58. The summed E-state index contributed by atoms with van der Waals surface area (Å²) >= 11 is 1.51. The molecule has 2 N–H and O–H groups in total. The van der Waals surface area contributed by atoms with Gasteiger partial charge < -0.3 is 15.2 Å². The van der Waals surface area contributed by atoms with Gasteiger partial charge in [-0.1, -0.05) is 11.6 Å². The second kappa shape index (κ2) is 9.97. The number of nitrogens with one attached hydrogen (secondary N) is 1. The highest BCUT2D eigenvalue weighted by Gasteiger charge is 2.20. The van der Waals surface area contributed by atoms with Gasteiger partial charge in [-0.15, -0.1) is 0 Å². The third-order valence-electron chi connectivity index (χ3n) is 3.48. The van der Waals surface area contributed by atoms with Crippen molar-refractivity contribution in [1.82, 2.24) is 5.32 Å². The van der Waals surface area contributed by atoms with Crippen LogP contribution in [-0.2, 0) is 9.59 Å². The summed E-state index contributed by atoms with van der Waals surface area (Å²) in [4.78, 5) is 35.3. The van der Waals surface area contributed by atoms with Crippen LogP contribution in [-0.4, -0.2) is 47.9 Å². The molecule has 1 atom stereocenters. The Hall–Kier alpha value is -2.02. The molecular formula is C17H23NO5S. The first kappa shape index (κ1) is 20.0. The number of thioether (sulfide) groups is 1. The first-order valence-corrected chi connectivity index (χ1v) is 8.97. The molecule has 0 saturated heterocycles. The number of hydrogen-bond acceptors (Lipinski definition) is 5. The molecule has 1 rings (SSSR count). The number of Topliss-reactive ketones (excluding diaryl/α,β-unsaturated/α-hetero) is 1. The molecule has 0 spiro atoms. The molecule has 7 heteroatoms. The van der Waals surface area contributed by atoms with E-state index in [-0.39, 0.29) is 18.6 Å². The van der Waals surface area contributed by atoms with Crippen LogP contribution in [0.25, 0.3) is 0 Å². The highest BCUT2D eigenvalue weighted by molar-refractivity contribution is 7.98. The lowest BCUT2D eigenvalue weighted by atomic mass is 10.0. The minimum atomic E-state index is -1.07. The molecule has 132 valence electrons. The number of rotatable bonds is 10. The van der Waals surface area contributed by atoms with Crippen molar-refractivity contribution in [3.8, 4) is 5.75 Å². The zero-order valence-corrected chi connectivity index (χ0v) is 14.9. The Balaban J connectivity index is 2.61. The number of methoxy groups -OCH3 is 1. The molecule has 0 saturated carbocycles. The lowest BCUT2D eigenvalue weighted by Gasteiger charge is -2.14. The van der Waals surface area contributed by atoms with E-state index in [1.54, 1.807) is 12.1 Å². The molecule has 0 heterocycles. The van der Waals surface area contributed by atoms with E-state index in [1.807, 2.05) is 19.2 Å². The number of hydrogen-bond donors (Lipinski definition) is 2. The van der Waals surface area contributed by atoms with E-state index in [0.29, 0.717) is 23.5 Å². The number of carbonyl (C=O) groups excluding carboxylic acids is 2. The Morgan fingerprint density at radius 2 is 2.00 bits per heavy atom. The lowest BCUT2D eigenvalue weighted by molar-refractivity contribution is -0.141. The van der Waals surface area contributed by atoms with Crippen molar-refractivity contribution in [2.75, 3.05) is 19.1 Å². The van der Waals surface area contributed by atoms with Crippen LogP contribution in [0.2, 0.25) is 0 Å². The molecule has 0 aliphatic carbocycles. The lowest BCUT2D eigenvalue weighted by Crippen LogP contribution is -2.41. The topological polar surface area (TPSA) is 92.7 Å². The molecule has 0 aliphatic heterocycles. The van der Waals surface area contributed by atoms with Crippen LogP contribution in [0.4, 0.5) is 0 Å². The fourth-order valence-electron chi connectivity index (χ4n) is 2.16. The molecule has 1 unspecified atom stereocenters. The van der Waals surface area contributed by atoms with Crippen LogP contribution in [0.3, 0.4) is 0 Å². The summed E-state index contributed by atoms with van der Waals surface area (Å²) in [6.45, 7) is 1.87. The average Bonchev–Trinajstić information content (AvgIpc) is 2.56. The Morgan fingerprint density at radius 1 is 1.29 bits per heavy atom. The predicted octanol–water partition coefficient (Wildman–Crippen LogP) is 2.29. The van der Waals surface area contributed by atoms with E-state index < -0.39 is 17.9 Å². The fraction of sp³-hybridized carbons (Fsp3) is 0.471. The number of ether oxygens (including phenoxy) is 1. The van der Waals surface area contributed by atoms with Crippen LogP contribution < -0.4 is 10.1 Å². The number of benzene rings is 1. The van der Waals surface area contributed by atoms with E-state index in [0.717, 1.165) is 5.56 Å². The Labute approximate surface area is 146 Å². The summed E-state index contributed by atoms with van der Waals surface area (Å²) in [6, 6.07) is 4.35. The molecule has 24 heavy (non-hydrogen) atoms. The largest absolute Gasteiger partial charge is 0.496 e. The second-order valence-corrected chi connectivity index (χ2v) is 6.35. The third kappa shape index (κ3) is 6.23. The number of amides is 1. The van der Waals surface area contributed by atoms with Crippen LogP contribution in [0.1, 0.15) is 35.2 Å². The summed E-state index contributed by atoms with van der Waals surface area (Å²) in [6.07, 6.45) is 2.16. The molecule has 1 aromatic rings. The van der Waals surface area contributed by atoms with Crippen LogP contribution >= 0.6 is 11.8 Å². The van der Waals surface area contributed by atoms with Gasteiger partial charge in [-0.05, 0) is 37.5 Å². The van der Waals surface area contributed by atoms with Crippen molar-refractivity contribution in [2.45, 2.75) is 32.2 Å². The van der Waals surface area contributed by atoms with E-state index in [1.165, 1.54) is 18.9 Å². The molecule has 0 radical (unpaired) electrons. The Morgan fingerprint density at radius 3 is 2.58 bits per heavy atom. The zero-order valence-electron chi connectivity index (χ0n) is 14.1. The smallest absolute Gasteiger partial charge is 0.326 e. The summed E-state index contributed by atoms with van der Waals surface area (Å²) in [7, 11) is 1.48. The number of aryl methyl sites for hydroxylation is 1. The van der Waals surface area contributed by atoms with E-state index in [2.05, 4.69) is 5.32 Å². The molecule has 0 aliphatic rings. The van der Waals surface area contributed by atoms with Gasteiger partial charge in [0, 0.05) is 12.8 Å². The molecule has 1 amide bonds. The molecule has 1 aromatic carbocycles. The van der Waals surface area contributed by atoms with Crippen LogP contribution in [0.5, 0.6) is 5.75 Å². The van der Waals surface area contributed by atoms with E-state index in [4.69, 9.17) is 9.84 Å². The normalized spacial score (nSPS) is 11.6. The van der Waals surface area contributed by atoms with Gasteiger partial charge in [0.15, 0.2) is 5.78 Å². The highest BCUT2D eigenvalue weighted by Crippen LogP contribution is 2.21. The van der Waals surface area contributed by atoms with Crippen LogP contribution in [0, 0.1) is 6.92 Å². The van der Waals surface area contributed by atoms with E-state index >= 15 is 0 Å². The first-order chi connectivity index (χ1) is 11.4. The summed E-state index contributed by atoms with van der Waals surface area (Å²) in [5.74, 6) is -0.611. The standard InChI is InChI=1S/C17H23NO5S/c1-11-4-6-15(23-2)12(10-11)14(19)5-7-16(20)18-13(17(21)22)8-9-24-3/h4,6,10,13H,5,7-9H2,1-3H3,(H,18,20)(H,21,22). The molecule has 0 fully saturated rings. The van der Waals surface area contributed by atoms with Crippen molar-refractivity contribution in [3.05, 3.63) is 29.3 Å². The van der Waals surface area contributed by atoms with Crippen LogP contribution in [0.15, 0.2) is 18.2 Å². The van der Waals surface area contributed by atoms with Gasteiger partial charge in [0.05, 0.1) is 12.7 Å². The fourth-order valence-corrected chi connectivity index (χ4v) is 2.63. The highest BCUT2D eigenvalue weighted by atomic mass is 32.2. The van der Waals surface area contributed by atoms with E-state index in [9.17, 15) is 14.4 Å². The maximum atomic E-state index is 12.3. The minimum Gasteiger partial charge on any atom is -0.496 e. The van der Waals surface area contributed by atoms with Gasteiger partial charge in [-0.3, -0.25) is 9.59 Å². The zero-order chi connectivity index (χ0) is 18.1. The van der Waals surface area contributed by atoms with Crippen molar-refractivity contribution >= 4 is 29.4 Å². The molecule has 6 nitrogen and oxygen atoms in total. The minimum absolute atomic E-state index is 0.000509. The van der Waals surface area contributed by atoms with Crippen molar-refractivity contribution in [1.29, 1.82) is 0 Å². The molecular weight excluding hydrogens is 330 g/mol. The van der Waals surface area contributed by atoms with Crippen molar-refractivity contribution < 1.29 is 24.2 Å². The molecule has 0 bridgehead atoms. The Bertz CT molecular complexity index is 603. The Kier molecular flexibility index (Phi) is 8.32. The number of ketones is 1. The number of carbonyl (C=O) groups is 3.